The standard InChI is InChI=1S/C19H30N4O2/c24-19(18-7-4-12-25-18)23-10-8-14(9-11-23)20-13-17-15-5-2-1-3-6-16(15)21-22-17/h14,18,20H,1-13H2,(H,21,22). The number of fused-ring (bicyclic) bond motifs is 1. The van der Waals surface area contributed by atoms with Crippen molar-refractivity contribution in [1.29, 1.82) is 0 Å². The minimum atomic E-state index is -0.177. The fourth-order valence-electron chi connectivity index (χ4n) is 4.39. The molecule has 1 amide bonds. The SMILES string of the molecule is O=C(C1CCCO1)N1CCC(NCc2n[nH]c3c2CCCCC3)CC1. The first-order valence-corrected chi connectivity index (χ1v) is 10.00. The zero-order valence-electron chi connectivity index (χ0n) is 15.1. The van der Waals surface area contributed by atoms with E-state index < -0.39 is 0 Å². The van der Waals surface area contributed by atoms with Gasteiger partial charge in [0.25, 0.3) is 5.91 Å². The second-order valence-corrected chi connectivity index (χ2v) is 7.67. The van der Waals surface area contributed by atoms with E-state index in [2.05, 4.69) is 15.5 Å². The van der Waals surface area contributed by atoms with Gasteiger partial charge in [0.2, 0.25) is 0 Å². The number of likely N-dealkylation sites (tertiary alicyclic amines) is 1. The van der Waals surface area contributed by atoms with Gasteiger partial charge in [-0.2, -0.15) is 5.10 Å². The van der Waals surface area contributed by atoms with E-state index in [4.69, 9.17) is 4.74 Å². The number of nitrogens with zero attached hydrogens (tertiary/aromatic N) is 2. The Balaban J connectivity index is 1.25. The average Bonchev–Trinajstić information content (AvgIpc) is 3.25. The summed E-state index contributed by atoms with van der Waals surface area (Å²) in [4.78, 5) is 14.4. The molecule has 6 nitrogen and oxygen atoms in total. The Kier molecular flexibility index (Phi) is 5.36. The minimum Gasteiger partial charge on any atom is -0.368 e. The van der Waals surface area contributed by atoms with Crippen molar-refractivity contribution < 1.29 is 9.53 Å². The van der Waals surface area contributed by atoms with Gasteiger partial charge < -0.3 is 15.0 Å². The van der Waals surface area contributed by atoms with Crippen molar-refractivity contribution in [2.45, 2.75) is 76.5 Å². The van der Waals surface area contributed by atoms with Crippen molar-refractivity contribution in [2.75, 3.05) is 19.7 Å². The number of hydrogen-bond donors (Lipinski definition) is 2. The summed E-state index contributed by atoms with van der Waals surface area (Å²) in [5, 5.41) is 11.5. The van der Waals surface area contributed by atoms with Crippen LogP contribution in [0.5, 0.6) is 0 Å². The largest absolute Gasteiger partial charge is 0.368 e. The van der Waals surface area contributed by atoms with E-state index in [-0.39, 0.29) is 12.0 Å². The van der Waals surface area contributed by atoms with Crippen LogP contribution in [0.2, 0.25) is 0 Å². The lowest BCUT2D eigenvalue weighted by Gasteiger charge is -2.33. The lowest BCUT2D eigenvalue weighted by atomic mass is 10.0. The van der Waals surface area contributed by atoms with E-state index in [1.54, 1.807) is 0 Å². The van der Waals surface area contributed by atoms with Crippen molar-refractivity contribution >= 4 is 5.91 Å². The minimum absolute atomic E-state index is 0.177. The maximum Gasteiger partial charge on any atom is 0.251 e. The first-order valence-electron chi connectivity index (χ1n) is 10.00. The first kappa shape index (κ1) is 17.0. The molecule has 3 heterocycles. The number of piperidine rings is 1. The highest BCUT2D eigenvalue weighted by molar-refractivity contribution is 5.81. The van der Waals surface area contributed by atoms with Crippen LogP contribution in [0.1, 0.15) is 61.9 Å². The monoisotopic (exact) mass is 346 g/mol. The number of carbonyl (C=O) groups excluding carboxylic acids is 1. The van der Waals surface area contributed by atoms with Gasteiger partial charge in [0, 0.05) is 38.0 Å². The molecule has 2 aliphatic heterocycles. The molecular formula is C19H30N4O2. The maximum absolute atomic E-state index is 12.4. The number of nitrogens with one attached hydrogen (secondary N) is 2. The molecule has 1 unspecified atom stereocenters. The summed E-state index contributed by atoms with van der Waals surface area (Å²) in [6.07, 6.45) is 9.96. The molecule has 2 fully saturated rings. The fourth-order valence-corrected chi connectivity index (χ4v) is 4.39. The van der Waals surface area contributed by atoms with Crippen LogP contribution in [0.15, 0.2) is 0 Å². The number of aromatic nitrogens is 2. The number of ether oxygens (including phenoxy) is 1. The molecule has 3 aliphatic rings. The lowest BCUT2D eigenvalue weighted by Crippen LogP contribution is -2.47. The van der Waals surface area contributed by atoms with Gasteiger partial charge in [-0.15, -0.1) is 0 Å². The van der Waals surface area contributed by atoms with Gasteiger partial charge >= 0.3 is 0 Å². The van der Waals surface area contributed by atoms with E-state index in [0.29, 0.717) is 6.04 Å². The molecule has 25 heavy (non-hydrogen) atoms. The van der Waals surface area contributed by atoms with Crippen LogP contribution in [0.3, 0.4) is 0 Å². The van der Waals surface area contributed by atoms with Crippen molar-refractivity contribution in [1.82, 2.24) is 20.4 Å². The Bertz CT molecular complexity index is 586. The zero-order valence-corrected chi connectivity index (χ0v) is 15.1. The Hall–Kier alpha value is -1.40. The molecule has 138 valence electrons. The summed E-state index contributed by atoms with van der Waals surface area (Å²) in [5.41, 5.74) is 4.01. The summed E-state index contributed by atoms with van der Waals surface area (Å²) in [6.45, 7) is 3.27. The Morgan fingerprint density at radius 1 is 1.16 bits per heavy atom. The quantitative estimate of drug-likeness (QED) is 0.818. The number of carbonyl (C=O) groups is 1. The zero-order chi connectivity index (χ0) is 17.1. The van der Waals surface area contributed by atoms with Gasteiger partial charge in [0.1, 0.15) is 6.10 Å². The van der Waals surface area contributed by atoms with Gasteiger partial charge in [0.15, 0.2) is 0 Å². The number of rotatable bonds is 4. The van der Waals surface area contributed by atoms with Gasteiger partial charge in [-0.25, -0.2) is 0 Å². The highest BCUT2D eigenvalue weighted by Crippen LogP contribution is 2.22. The number of amides is 1. The van der Waals surface area contributed by atoms with Gasteiger partial charge in [-0.3, -0.25) is 9.89 Å². The molecule has 2 N–H and O–H groups in total. The summed E-state index contributed by atoms with van der Waals surface area (Å²) >= 11 is 0. The Morgan fingerprint density at radius 2 is 2.00 bits per heavy atom. The molecule has 6 heteroatoms. The van der Waals surface area contributed by atoms with Crippen molar-refractivity contribution in [3.05, 3.63) is 17.0 Å². The molecule has 2 saturated heterocycles. The third kappa shape index (κ3) is 3.90. The third-order valence-electron chi connectivity index (χ3n) is 5.96. The number of aryl methyl sites for hydroxylation is 1. The molecule has 0 saturated carbocycles. The molecule has 0 bridgehead atoms. The average molecular weight is 346 g/mol. The van der Waals surface area contributed by atoms with E-state index >= 15 is 0 Å². The molecule has 0 spiro atoms. The number of hydrogen-bond acceptors (Lipinski definition) is 4. The smallest absolute Gasteiger partial charge is 0.251 e. The summed E-state index contributed by atoms with van der Waals surface area (Å²) in [6, 6.07) is 0.478. The second-order valence-electron chi connectivity index (χ2n) is 7.67. The highest BCUT2D eigenvalue weighted by Gasteiger charge is 2.30. The molecular weight excluding hydrogens is 316 g/mol. The van der Waals surface area contributed by atoms with E-state index in [1.807, 2.05) is 4.90 Å². The first-order chi connectivity index (χ1) is 12.3. The molecule has 1 aliphatic carbocycles. The molecule has 0 aromatic carbocycles. The van der Waals surface area contributed by atoms with Crippen LogP contribution >= 0.6 is 0 Å². The predicted molar refractivity (Wildman–Crippen MR) is 95.3 cm³/mol. The summed E-state index contributed by atoms with van der Waals surface area (Å²) in [5.74, 6) is 0.202. The van der Waals surface area contributed by atoms with Crippen molar-refractivity contribution in [2.24, 2.45) is 0 Å². The van der Waals surface area contributed by atoms with Crippen LogP contribution in [-0.4, -0.2) is 52.8 Å². The summed E-state index contributed by atoms with van der Waals surface area (Å²) < 4.78 is 5.54. The van der Waals surface area contributed by atoms with Crippen LogP contribution in [-0.2, 0) is 28.9 Å². The molecule has 1 aromatic heterocycles. The maximum atomic E-state index is 12.4. The second kappa shape index (κ2) is 7.87. The van der Waals surface area contributed by atoms with Crippen molar-refractivity contribution in [3.63, 3.8) is 0 Å². The lowest BCUT2D eigenvalue weighted by molar-refractivity contribution is -0.142. The molecule has 1 aromatic rings. The highest BCUT2D eigenvalue weighted by atomic mass is 16.5. The van der Waals surface area contributed by atoms with Crippen molar-refractivity contribution in [3.8, 4) is 0 Å². The van der Waals surface area contributed by atoms with Gasteiger partial charge in [-0.05, 0) is 56.9 Å². The molecule has 0 radical (unpaired) electrons. The normalized spacial score (nSPS) is 25.0. The fraction of sp³-hybridized carbons (Fsp3) is 0.789. The van der Waals surface area contributed by atoms with E-state index in [0.717, 1.165) is 64.8 Å². The topological polar surface area (TPSA) is 70.2 Å². The Morgan fingerprint density at radius 3 is 2.80 bits per heavy atom. The summed E-state index contributed by atoms with van der Waals surface area (Å²) in [7, 11) is 0. The third-order valence-corrected chi connectivity index (χ3v) is 5.96. The van der Waals surface area contributed by atoms with Crippen LogP contribution in [0, 0.1) is 0 Å². The van der Waals surface area contributed by atoms with Crippen LogP contribution in [0.4, 0.5) is 0 Å². The van der Waals surface area contributed by atoms with Gasteiger partial charge in [-0.1, -0.05) is 6.42 Å². The number of H-pyrrole nitrogens is 1. The van der Waals surface area contributed by atoms with Crippen LogP contribution in [0.25, 0.3) is 0 Å². The van der Waals surface area contributed by atoms with E-state index in [9.17, 15) is 4.79 Å². The van der Waals surface area contributed by atoms with E-state index in [1.165, 1.54) is 36.2 Å². The predicted octanol–water partition coefficient (Wildman–Crippen LogP) is 1.94. The molecule has 1 atom stereocenters. The number of aromatic amines is 1. The molecule has 4 rings (SSSR count). The Labute approximate surface area is 149 Å². The van der Waals surface area contributed by atoms with Crippen LogP contribution < -0.4 is 5.32 Å². The van der Waals surface area contributed by atoms with Gasteiger partial charge in [0.05, 0.1) is 5.69 Å².